The van der Waals surface area contributed by atoms with Crippen molar-refractivity contribution in [2.75, 3.05) is 18.8 Å². The summed E-state index contributed by atoms with van der Waals surface area (Å²) < 4.78 is 26.3. The van der Waals surface area contributed by atoms with E-state index in [9.17, 15) is 8.42 Å². The molecule has 4 nitrogen and oxygen atoms in total. The standard InChI is InChI=1S/C11H14Cl2N2O2S/c1-7-4-5-15(6-7)18(16,17)9-3-2-8(12)11(14)10(9)13/h2-3,7H,4-6,14H2,1H3. The molecule has 1 saturated heterocycles. The van der Waals surface area contributed by atoms with Crippen molar-refractivity contribution in [2.45, 2.75) is 18.2 Å². The van der Waals surface area contributed by atoms with Gasteiger partial charge in [0.05, 0.1) is 15.7 Å². The molecule has 18 heavy (non-hydrogen) atoms. The molecule has 0 amide bonds. The Balaban J connectivity index is 2.45. The van der Waals surface area contributed by atoms with Gasteiger partial charge in [-0.25, -0.2) is 8.42 Å². The number of anilines is 1. The van der Waals surface area contributed by atoms with Crippen LogP contribution in [0.4, 0.5) is 5.69 Å². The second-order valence-electron chi connectivity index (χ2n) is 4.53. The number of rotatable bonds is 2. The first kappa shape index (κ1) is 13.9. The van der Waals surface area contributed by atoms with E-state index in [4.69, 9.17) is 28.9 Å². The summed E-state index contributed by atoms with van der Waals surface area (Å²) in [5.41, 5.74) is 5.76. The first-order valence-electron chi connectivity index (χ1n) is 5.57. The van der Waals surface area contributed by atoms with Gasteiger partial charge in [0.15, 0.2) is 0 Å². The summed E-state index contributed by atoms with van der Waals surface area (Å²) in [5.74, 6) is 0.364. The Kier molecular flexibility index (Phi) is 3.78. The second kappa shape index (κ2) is 4.89. The largest absolute Gasteiger partial charge is 0.396 e. The smallest absolute Gasteiger partial charge is 0.244 e. The fourth-order valence-corrected chi connectivity index (χ4v) is 4.31. The monoisotopic (exact) mass is 308 g/mol. The molecule has 1 aliphatic rings. The SMILES string of the molecule is CC1CCN(S(=O)(=O)c2ccc(Cl)c(N)c2Cl)C1. The minimum absolute atomic E-state index is 0.00190. The Morgan fingerprint density at radius 2 is 2.06 bits per heavy atom. The van der Waals surface area contributed by atoms with Gasteiger partial charge in [-0.3, -0.25) is 0 Å². The number of hydrogen-bond acceptors (Lipinski definition) is 3. The average Bonchev–Trinajstić information content (AvgIpc) is 2.73. The number of nitrogens with two attached hydrogens (primary N) is 1. The van der Waals surface area contributed by atoms with Crippen LogP contribution in [0.3, 0.4) is 0 Å². The molecule has 1 aromatic carbocycles. The van der Waals surface area contributed by atoms with Crippen LogP contribution >= 0.6 is 23.2 Å². The molecule has 0 spiro atoms. The van der Waals surface area contributed by atoms with Gasteiger partial charge in [0.2, 0.25) is 10.0 Å². The lowest BCUT2D eigenvalue weighted by molar-refractivity contribution is 0.464. The van der Waals surface area contributed by atoms with Crippen LogP contribution < -0.4 is 5.73 Å². The van der Waals surface area contributed by atoms with Gasteiger partial charge in [-0.2, -0.15) is 4.31 Å². The predicted octanol–water partition coefficient (Wildman–Crippen LogP) is 2.61. The molecule has 0 radical (unpaired) electrons. The lowest BCUT2D eigenvalue weighted by Crippen LogP contribution is -2.29. The summed E-state index contributed by atoms with van der Waals surface area (Å²) in [7, 11) is -3.58. The first-order valence-corrected chi connectivity index (χ1v) is 7.77. The maximum atomic E-state index is 12.4. The third-order valence-electron chi connectivity index (χ3n) is 3.10. The molecule has 0 aromatic heterocycles. The van der Waals surface area contributed by atoms with Crippen molar-refractivity contribution in [1.82, 2.24) is 4.31 Å². The van der Waals surface area contributed by atoms with Crippen molar-refractivity contribution in [3.63, 3.8) is 0 Å². The molecule has 0 bridgehead atoms. The highest BCUT2D eigenvalue weighted by molar-refractivity contribution is 7.89. The van der Waals surface area contributed by atoms with E-state index >= 15 is 0 Å². The van der Waals surface area contributed by atoms with Gasteiger partial charge in [0, 0.05) is 13.1 Å². The highest BCUT2D eigenvalue weighted by atomic mass is 35.5. The van der Waals surface area contributed by atoms with E-state index < -0.39 is 10.0 Å². The zero-order valence-corrected chi connectivity index (χ0v) is 12.2. The lowest BCUT2D eigenvalue weighted by atomic mass is 10.2. The van der Waals surface area contributed by atoms with Gasteiger partial charge in [-0.1, -0.05) is 30.1 Å². The maximum Gasteiger partial charge on any atom is 0.244 e. The summed E-state index contributed by atoms with van der Waals surface area (Å²) in [4.78, 5) is 0.0279. The second-order valence-corrected chi connectivity index (χ2v) is 7.22. The van der Waals surface area contributed by atoms with Crippen molar-refractivity contribution in [3.05, 3.63) is 22.2 Å². The molecule has 100 valence electrons. The molecule has 2 rings (SSSR count). The quantitative estimate of drug-likeness (QED) is 0.854. The van der Waals surface area contributed by atoms with Crippen molar-refractivity contribution in [1.29, 1.82) is 0 Å². The van der Waals surface area contributed by atoms with Crippen molar-refractivity contribution < 1.29 is 8.42 Å². The average molecular weight is 309 g/mol. The highest BCUT2D eigenvalue weighted by Gasteiger charge is 2.32. The molecule has 2 N–H and O–H groups in total. The van der Waals surface area contributed by atoms with Gasteiger partial charge >= 0.3 is 0 Å². The third kappa shape index (κ3) is 2.32. The van der Waals surface area contributed by atoms with Crippen LogP contribution in [0.1, 0.15) is 13.3 Å². The van der Waals surface area contributed by atoms with Crippen LogP contribution in [0.15, 0.2) is 17.0 Å². The van der Waals surface area contributed by atoms with E-state index in [-0.39, 0.29) is 20.6 Å². The Bertz CT molecular complexity index is 575. The Morgan fingerprint density at radius 1 is 1.39 bits per heavy atom. The predicted molar refractivity (Wildman–Crippen MR) is 73.4 cm³/mol. The van der Waals surface area contributed by atoms with Crippen molar-refractivity contribution in [2.24, 2.45) is 5.92 Å². The topological polar surface area (TPSA) is 63.4 Å². The summed E-state index contributed by atoms with van der Waals surface area (Å²) in [6, 6.07) is 2.86. The van der Waals surface area contributed by atoms with E-state index in [2.05, 4.69) is 0 Å². The van der Waals surface area contributed by atoms with Gasteiger partial charge in [0.1, 0.15) is 4.90 Å². The van der Waals surface area contributed by atoms with E-state index in [1.54, 1.807) is 0 Å². The number of sulfonamides is 1. The fourth-order valence-electron chi connectivity index (χ4n) is 2.00. The normalized spacial score (nSPS) is 21.4. The first-order chi connectivity index (χ1) is 8.34. The number of benzene rings is 1. The molecule has 0 saturated carbocycles. The number of halogens is 2. The molecule has 1 atom stereocenters. The zero-order chi connectivity index (χ0) is 13.5. The van der Waals surface area contributed by atoms with Gasteiger partial charge in [-0.15, -0.1) is 0 Å². The molecule has 1 aromatic rings. The Morgan fingerprint density at radius 3 is 2.61 bits per heavy atom. The van der Waals surface area contributed by atoms with Gasteiger partial charge in [-0.05, 0) is 24.5 Å². The van der Waals surface area contributed by atoms with Crippen molar-refractivity contribution >= 4 is 38.9 Å². The molecule has 0 aliphatic carbocycles. The van der Waals surface area contributed by atoms with Crippen LogP contribution in [0.5, 0.6) is 0 Å². The lowest BCUT2D eigenvalue weighted by Gasteiger charge is -2.17. The molecule has 7 heteroatoms. The third-order valence-corrected chi connectivity index (χ3v) is 5.85. The van der Waals surface area contributed by atoms with Crippen molar-refractivity contribution in [3.8, 4) is 0 Å². The summed E-state index contributed by atoms with van der Waals surface area (Å²) >= 11 is 11.8. The highest BCUT2D eigenvalue weighted by Crippen LogP contribution is 2.35. The molecular weight excluding hydrogens is 295 g/mol. The van der Waals surface area contributed by atoms with E-state index in [1.807, 2.05) is 6.92 Å². The Hall–Kier alpha value is -0.490. The minimum atomic E-state index is -3.58. The van der Waals surface area contributed by atoms with E-state index in [0.29, 0.717) is 19.0 Å². The molecular formula is C11H14Cl2N2O2S. The van der Waals surface area contributed by atoms with Gasteiger partial charge in [0.25, 0.3) is 0 Å². The number of hydrogen-bond donors (Lipinski definition) is 1. The zero-order valence-electron chi connectivity index (χ0n) is 9.86. The molecule has 1 aliphatic heterocycles. The molecule has 1 unspecified atom stereocenters. The van der Waals surface area contributed by atoms with Crippen LogP contribution in [-0.4, -0.2) is 25.8 Å². The molecule has 1 heterocycles. The van der Waals surface area contributed by atoms with Crippen LogP contribution in [0.25, 0.3) is 0 Å². The summed E-state index contributed by atoms with van der Waals surface area (Å²) in [5, 5.41) is 0.260. The maximum absolute atomic E-state index is 12.4. The molecule has 1 fully saturated rings. The van der Waals surface area contributed by atoms with Crippen LogP contribution in [0.2, 0.25) is 10.0 Å². The van der Waals surface area contributed by atoms with Crippen LogP contribution in [-0.2, 0) is 10.0 Å². The Labute approximate surface area is 117 Å². The number of nitrogens with zero attached hydrogens (tertiary/aromatic N) is 1. The summed E-state index contributed by atoms with van der Waals surface area (Å²) in [6.07, 6.45) is 0.861. The van der Waals surface area contributed by atoms with Gasteiger partial charge < -0.3 is 5.73 Å². The number of nitrogen functional groups attached to an aromatic ring is 1. The van der Waals surface area contributed by atoms with Crippen LogP contribution in [0, 0.1) is 5.92 Å². The summed E-state index contributed by atoms with van der Waals surface area (Å²) in [6.45, 7) is 3.05. The van der Waals surface area contributed by atoms with E-state index in [1.165, 1.54) is 16.4 Å². The fraction of sp³-hybridized carbons (Fsp3) is 0.455. The van der Waals surface area contributed by atoms with E-state index in [0.717, 1.165) is 6.42 Å². The minimum Gasteiger partial charge on any atom is -0.396 e.